The number of hydrogen-bond donors (Lipinski definition) is 0. The molecule has 4 aromatic rings. The largest absolute Gasteiger partial charge is 0.536 e. The van der Waals surface area contributed by atoms with Crippen molar-refractivity contribution in [2.24, 2.45) is 0 Å². The molecule has 0 aromatic carbocycles. The minimum absolute atomic E-state index is 0.164. The summed E-state index contributed by atoms with van der Waals surface area (Å²) < 4.78 is 9.30. The summed E-state index contributed by atoms with van der Waals surface area (Å²) in [5.74, 6) is 0.164. The van der Waals surface area contributed by atoms with E-state index in [-0.39, 0.29) is 5.82 Å². The maximum Gasteiger partial charge on any atom is 0.536 e. The summed E-state index contributed by atoms with van der Waals surface area (Å²) in [7, 11) is 0. The van der Waals surface area contributed by atoms with Crippen LogP contribution in [0.25, 0.3) is 21.1 Å². The van der Waals surface area contributed by atoms with Gasteiger partial charge in [-0.1, -0.05) is 39.5 Å². The zero-order chi connectivity index (χ0) is 27.8. The van der Waals surface area contributed by atoms with Gasteiger partial charge in [-0.2, -0.15) is 15.0 Å². The molecule has 0 saturated carbocycles. The molecule has 7 heteroatoms. The highest BCUT2D eigenvalue weighted by molar-refractivity contribution is 7.14. The van der Waals surface area contributed by atoms with E-state index in [1.165, 1.54) is 64.0 Å². The number of nitriles is 1. The van der Waals surface area contributed by atoms with Crippen molar-refractivity contribution in [3.05, 3.63) is 107 Å². The Kier molecular flexibility index (Phi) is 10.3. The van der Waals surface area contributed by atoms with Gasteiger partial charge in [-0.15, -0.1) is 45.3 Å². The quantitative estimate of drug-likeness (QED) is 0.150. The van der Waals surface area contributed by atoms with E-state index in [2.05, 4.69) is 66.0 Å². The van der Waals surface area contributed by atoms with Gasteiger partial charge in [0.1, 0.15) is 17.7 Å². The predicted octanol–water partition coefficient (Wildman–Crippen LogP) is 8.86. The second-order valence-corrected chi connectivity index (χ2v) is 13.7. The van der Waals surface area contributed by atoms with Crippen molar-refractivity contribution in [1.29, 1.82) is 5.26 Å². The molecule has 4 heterocycles. The third-order valence-electron chi connectivity index (χ3n) is 6.59. The fraction of sp³-hybridized carbons (Fsp3) is 0.344. The van der Waals surface area contributed by atoms with E-state index >= 15 is 0 Å². The summed E-state index contributed by atoms with van der Waals surface area (Å²) in [6, 6.07) is 15.5. The molecule has 39 heavy (non-hydrogen) atoms. The van der Waals surface area contributed by atoms with Crippen LogP contribution in [0.4, 0.5) is 0 Å². The van der Waals surface area contributed by atoms with Crippen LogP contribution in [0.1, 0.15) is 70.4 Å². The summed E-state index contributed by atoms with van der Waals surface area (Å²) in [4.78, 5) is 6.93. The predicted molar refractivity (Wildman–Crippen MR) is 167 cm³/mol. The van der Waals surface area contributed by atoms with E-state index in [0.29, 0.717) is 0 Å². The van der Waals surface area contributed by atoms with Crippen molar-refractivity contribution in [1.82, 2.24) is 0 Å². The fourth-order valence-electron chi connectivity index (χ4n) is 4.45. The van der Waals surface area contributed by atoms with Gasteiger partial charge in [0.05, 0.1) is 6.07 Å². The summed E-state index contributed by atoms with van der Waals surface area (Å²) in [6.07, 6.45) is 9.06. The van der Waals surface area contributed by atoms with Gasteiger partial charge in [0.15, 0.2) is 0 Å². The smallest absolute Gasteiger partial charge is 0.193 e. The van der Waals surface area contributed by atoms with Crippen molar-refractivity contribution >= 4 is 56.7 Å². The molecule has 0 fully saturated rings. The molecule has 0 aliphatic rings. The minimum Gasteiger partial charge on any atom is -0.193 e. The third kappa shape index (κ3) is 6.78. The third-order valence-corrected chi connectivity index (χ3v) is 11.8. The maximum absolute atomic E-state index is 9.46. The van der Waals surface area contributed by atoms with Gasteiger partial charge in [-0.25, -0.2) is 0 Å². The molecule has 0 spiro atoms. The van der Waals surface area contributed by atoms with E-state index in [9.17, 15) is 5.26 Å². The minimum atomic E-state index is 0.164. The van der Waals surface area contributed by atoms with Gasteiger partial charge in [-0.05, 0) is 80.1 Å². The van der Waals surface area contributed by atoms with Gasteiger partial charge in [0, 0.05) is 37.3 Å². The van der Waals surface area contributed by atoms with Gasteiger partial charge in [-0.3, -0.25) is 0 Å². The molecule has 0 amide bonds. The Morgan fingerprint density at radius 1 is 0.718 bits per heavy atom. The number of hydrogen-bond acceptors (Lipinski definition) is 5. The first-order chi connectivity index (χ1) is 19.0. The fourth-order valence-corrected chi connectivity index (χ4v) is 9.14. The van der Waals surface area contributed by atoms with Crippen molar-refractivity contribution < 1.29 is 0 Å². The molecule has 0 N–H and O–H groups in total. The summed E-state index contributed by atoms with van der Waals surface area (Å²) >= 11 is 6.93. The normalized spacial score (nSPS) is 14.4. The molecule has 0 bridgehead atoms. The molecule has 0 atom stereocenters. The Labute approximate surface area is 245 Å². The van der Waals surface area contributed by atoms with E-state index in [1.54, 1.807) is 34.0 Å². The lowest BCUT2D eigenvalue weighted by molar-refractivity contribution is 0.717. The van der Waals surface area contributed by atoms with Crippen LogP contribution in [0.3, 0.4) is 0 Å². The SMILES string of the molecule is [C-]#[N+]C([N+]#[C-])=c1cc(CCCCC)/c(=c2/cc/c(=c3/cc/c(=c4\s/c(=C(/C)C#N)cc4CCCCC)s3)s2)s1. The Hall–Kier alpha value is -2.99. The summed E-state index contributed by atoms with van der Waals surface area (Å²) in [5.41, 5.74) is 3.39. The van der Waals surface area contributed by atoms with Crippen LogP contribution in [0.15, 0.2) is 36.4 Å². The molecule has 3 nitrogen and oxygen atoms in total. The van der Waals surface area contributed by atoms with Gasteiger partial charge in [0.25, 0.3) is 0 Å². The molecule has 0 unspecified atom stereocenters. The zero-order valence-electron chi connectivity index (χ0n) is 22.6. The number of thiophene rings is 4. The molecule has 4 rings (SSSR count). The van der Waals surface area contributed by atoms with Crippen LogP contribution >= 0.6 is 45.3 Å². The first kappa shape index (κ1) is 29.0. The van der Waals surface area contributed by atoms with Crippen LogP contribution in [-0.4, -0.2) is 0 Å². The molecule has 198 valence electrons. The number of unbranched alkanes of at least 4 members (excludes halogenated alkanes) is 4. The molecule has 0 saturated heterocycles. The highest BCUT2D eigenvalue weighted by Gasteiger charge is 2.10. The topological polar surface area (TPSA) is 32.5 Å². The molecule has 0 aliphatic heterocycles. The van der Waals surface area contributed by atoms with Crippen LogP contribution in [0, 0.1) is 51.7 Å². The van der Waals surface area contributed by atoms with Crippen molar-refractivity contribution in [2.45, 2.75) is 72.1 Å². The van der Waals surface area contributed by atoms with E-state index < -0.39 is 0 Å². The van der Waals surface area contributed by atoms with Gasteiger partial charge >= 0.3 is 5.82 Å². The summed E-state index contributed by atoms with van der Waals surface area (Å²) in [6.45, 7) is 21.2. The van der Waals surface area contributed by atoms with Crippen molar-refractivity contribution in [3.63, 3.8) is 0 Å². The van der Waals surface area contributed by atoms with Crippen LogP contribution < -0.4 is 9.06 Å². The molecule has 0 radical (unpaired) electrons. The Morgan fingerprint density at radius 2 is 1.18 bits per heavy atom. The lowest BCUT2D eigenvalue weighted by Gasteiger charge is -1.96. The lowest BCUT2D eigenvalue weighted by Crippen LogP contribution is -1.94. The Morgan fingerprint density at radius 3 is 1.64 bits per heavy atom. The monoisotopic (exact) mass is 585 g/mol. The second kappa shape index (κ2) is 13.9. The average molecular weight is 586 g/mol. The number of nitrogens with zero attached hydrogens (tertiary/aromatic N) is 3. The number of aryl methyl sites for hydroxylation is 2. The molecule has 0 aliphatic carbocycles. The average Bonchev–Trinajstić information content (AvgIpc) is 3.75. The molecular formula is C32H31N3S4. The summed E-state index contributed by atoms with van der Waals surface area (Å²) in [5, 5.41) is 9.46. The van der Waals surface area contributed by atoms with Gasteiger partial charge in [0.2, 0.25) is 0 Å². The highest BCUT2D eigenvalue weighted by atomic mass is 32.1. The Bertz CT molecular complexity index is 1980. The molecular weight excluding hydrogens is 555 g/mol. The first-order valence-corrected chi connectivity index (χ1v) is 16.6. The van der Waals surface area contributed by atoms with E-state index in [4.69, 9.17) is 13.1 Å². The van der Waals surface area contributed by atoms with Gasteiger partial charge < -0.3 is 0 Å². The van der Waals surface area contributed by atoms with E-state index in [0.717, 1.165) is 40.3 Å². The van der Waals surface area contributed by atoms with Crippen LogP contribution in [0.2, 0.25) is 0 Å². The van der Waals surface area contributed by atoms with E-state index in [1.807, 2.05) is 18.3 Å². The zero-order valence-corrected chi connectivity index (χ0v) is 25.9. The number of rotatable bonds is 8. The first-order valence-electron chi connectivity index (χ1n) is 13.3. The van der Waals surface area contributed by atoms with Crippen molar-refractivity contribution in [2.75, 3.05) is 0 Å². The maximum atomic E-state index is 9.46. The highest BCUT2D eigenvalue weighted by Crippen LogP contribution is 2.21. The Balaban J connectivity index is 1.95. The lowest BCUT2D eigenvalue weighted by atomic mass is 10.1. The van der Waals surface area contributed by atoms with Crippen LogP contribution in [0.5, 0.6) is 0 Å². The standard InChI is InChI=1S/C32H31N3S4/c1-6-8-10-12-22-18-28(21(3)20-33)38-30(22)26-16-14-24(36-26)25-15-17-27(37-25)31-23(13-11-9-7-2)19-29(39-31)32(34-4)35-5/h14-19H,6-13H2,1-3H3/b25-24+,28-21-,30-26+,31-27+. The van der Waals surface area contributed by atoms with Crippen molar-refractivity contribution in [3.8, 4) is 6.07 Å². The van der Waals surface area contributed by atoms with Crippen LogP contribution in [-0.2, 0) is 12.8 Å². The molecule has 4 aromatic heterocycles. The second-order valence-electron chi connectivity index (χ2n) is 9.46.